The first-order chi connectivity index (χ1) is 21.8. The van der Waals surface area contributed by atoms with Gasteiger partial charge < -0.3 is 9.32 Å². The Labute approximate surface area is 256 Å². The molecule has 0 N–H and O–H groups in total. The fraction of sp³-hybridized carbons (Fsp3) is 0. The summed E-state index contributed by atoms with van der Waals surface area (Å²) in [4.78, 5) is 7.09. The van der Waals surface area contributed by atoms with Crippen LogP contribution >= 0.6 is 0 Å². The number of anilines is 3. The van der Waals surface area contributed by atoms with Gasteiger partial charge >= 0.3 is 0 Å². The number of para-hydroxylation sites is 1. The number of hydrogen-bond donors (Lipinski definition) is 0. The SMILES string of the molecule is c1ccc(-c2ccc(N(c3ccc(-c4cccc5nc(-c6ccccc6)oc45)cc3)c3ccc4ccccc4c3)cc2)cc1. The molecule has 208 valence electrons. The molecule has 8 aromatic rings. The second-order valence-corrected chi connectivity index (χ2v) is 10.9. The van der Waals surface area contributed by atoms with Gasteiger partial charge in [-0.3, -0.25) is 0 Å². The minimum absolute atomic E-state index is 0.631. The average molecular weight is 565 g/mol. The van der Waals surface area contributed by atoms with Gasteiger partial charge in [0.1, 0.15) is 5.52 Å². The summed E-state index contributed by atoms with van der Waals surface area (Å²) in [5, 5.41) is 2.43. The van der Waals surface area contributed by atoms with Crippen LogP contribution in [0, 0.1) is 0 Å². The van der Waals surface area contributed by atoms with Crippen molar-refractivity contribution in [2.45, 2.75) is 0 Å². The van der Waals surface area contributed by atoms with Gasteiger partial charge in [-0.1, -0.05) is 115 Å². The van der Waals surface area contributed by atoms with Gasteiger partial charge in [-0.15, -0.1) is 0 Å². The first-order valence-corrected chi connectivity index (χ1v) is 14.8. The minimum atomic E-state index is 0.631. The zero-order valence-corrected chi connectivity index (χ0v) is 24.0. The number of oxazole rings is 1. The average Bonchev–Trinajstić information content (AvgIpc) is 3.55. The fourth-order valence-electron chi connectivity index (χ4n) is 5.87. The summed E-state index contributed by atoms with van der Waals surface area (Å²) < 4.78 is 6.32. The van der Waals surface area contributed by atoms with Gasteiger partial charge in [-0.05, 0) is 82.1 Å². The van der Waals surface area contributed by atoms with Gasteiger partial charge in [-0.2, -0.15) is 0 Å². The van der Waals surface area contributed by atoms with Gasteiger partial charge in [-0.25, -0.2) is 4.98 Å². The Bertz CT molecular complexity index is 2200. The topological polar surface area (TPSA) is 29.3 Å². The van der Waals surface area contributed by atoms with E-state index in [1.807, 2.05) is 48.5 Å². The Morgan fingerprint density at radius 1 is 0.409 bits per heavy atom. The van der Waals surface area contributed by atoms with E-state index in [-0.39, 0.29) is 0 Å². The van der Waals surface area contributed by atoms with E-state index >= 15 is 0 Å². The molecule has 3 heteroatoms. The van der Waals surface area contributed by atoms with E-state index in [4.69, 9.17) is 9.40 Å². The lowest BCUT2D eigenvalue weighted by Gasteiger charge is -2.26. The van der Waals surface area contributed by atoms with Crippen LogP contribution in [0.15, 0.2) is 174 Å². The molecule has 0 bridgehead atoms. The Kier molecular flexibility index (Phi) is 6.47. The smallest absolute Gasteiger partial charge is 0.227 e. The number of rotatable bonds is 6. The Morgan fingerprint density at radius 3 is 1.68 bits per heavy atom. The van der Waals surface area contributed by atoms with Gasteiger partial charge in [0.05, 0.1) is 0 Å². The van der Waals surface area contributed by atoms with E-state index in [0.717, 1.165) is 44.9 Å². The summed E-state index contributed by atoms with van der Waals surface area (Å²) in [6, 6.07) is 59.3. The van der Waals surface area contributed by atoms with E-state index in [1.165, 1.54) is 21.9 Å². The quantitative estimate of drug-likeness (QED) is 0.201. The van der Waals surface area contributed by atoms with Crippen molar-refractivity contribution in [3.63, 3.8) is 0 Å². The molecule has 0 radical (unpaired) electrons. The molecule has 3 nitrogen and oxygen atoms in total. The van der Waals surface area contributed by atoms with Crippen molar-refractivity contribution in [2.24, 2.45) is 0 Å². The molecule has 0 saturated carbocycles. The Morgan fingerprint density at radius 2 is 0.977 bits per heavy atom. The Balaban J connectivity index is 1.20. The van der Waals surface area contributed by atoms with Gasteiger partial charge in [0.15, 0.2) is 5.58 Å². The first-order valence-electron chi connectivity index (χ1n) is 14.8. The molecule has 0 atom stereocenters. The third kappa shape index (κ3) is 4.81. The Hall–Kier alpha value is -5.93. The third-order valence-electron chi connectivity index (χ3n) is 8.10. The lowest BCUT2D eigenvalue weighted by Crippen LogP contribution is -2.09. The maximum absolute atomic E-state index is 6.32. The number of benzene rings is 7. The molecular weight excluding hydrogens is 536 g/mol. The zero-order chi connectivity index (χ0) is 29.3. The van der Waals surface area contributed by atoms with Crippen LogP contribution in [0.3, 0.4) is 0 Å². The van der Waals surface area contributed by atoms with Gasteiger partial charge in [0.25, 0.3) is 0 Å². The number of nitrogens with zero attached hydrogens (tertiary/aromatic N) is 2. The predicted octanol–water partition coefficient (Wildman–Crippen LogP) is 11.5. The van der Waals surface area contributed by atoms with Crippen molar-refractivity contribution >= 4 is 38.9 Å². The van der Waals surface area contributed by atoms with Crippen LogP contribution in [-0.2, 0) is 0 Å². The largest absolute Gasteiger partial charge is 0.435 e. The molecule has 0 saturated heterocycles. The summed E-state index contributed by atoms with van der Waals surface area (Å²) in [5.41, 5.74) is 10.4. The standard InChI is InChI=1S/C41H28N2O/c1-3-10-29(11-4-1)31-18-23-35(24-19-31)43(37-27-20-30-12-7-8-15-34(30)28-37)36-25-21-32(22-26-36)38-16-9-17-39-40(38)44-41(42-39)33-13-5-2-6-14-33/h1-28H. The lowest BCUT2D eigenvalue weighted by molar-refractivity contribution is 0.621. The highest BCUT2D eigenvalue weighted by Gasteiger charge is 2.16. The molecule has 0 aliphatic carbocycles. The summed E-state index contributed by atoms with van der Waals surface area (Å²) in [7, 11) is 0. The molecular formula is C41H28N2O. The van der Waals surface area contributed by atoms with E-state index in [0.29, 0.717) is 5.89 Å². The van der Waals surface area contributed by atoms with Crippen molar-refractivity contribution in [3.05, 3.63) is 170 Å². The zero-order valence-electron chi connectivity index (χ0n) is 24.0. The van der Waals surface area contributed by atoms with Crippen LogP contribution in [0.2, 0.25) is 0 Å². The molecule has 1 heterocycles. The molecule has 0 fully saturated rings. The second kappa shape index (κ2) is 11.0. The number of fused-ring (bicyclic) bond motifs is 2. The van der Waals surface area contributed by atoms with Crippen molar-refractivity contribution in [1.29, 1.82) is 0 Å². The molecule has 0 aliphatic heterocycles. The van der Waals surface area contributed by atoms with E-state index in [2.05, 4.69) is 126 Å². The molecule has 44 heavy (non-hydrogen) atoms. The molecule has 0 spiro atoms. The summed E-state index contributed by atoms with van der Waals surface area (Å²) >= 11 is 0. The van der Waals surface area contributed by atoms with Crippen molar-refractivity contribution in [3.8, 4) is 33.7 Å². The highest BCUT2D eigenvalue weighted by molar-refractivity contribution is 5.93. The second-order valence-electron chi connectivity index (χ2n) is 10.9. The van der Waals surface area contributed by atoms with Crippen molar-refractivity contribution in [1.82, 2.24) is 4.98 Å². The van der Waals surface area contributed by atoms with Gasteiger partial charge in [0.2, 0.25) is 5.89 Å². The summed E-state index contributed by atoms with van der Waals surface area (Å²) in [6.45, 7) is 0. The van der Waals surface area contributed by atoms with Crippen LogP contribution in [0.1, 0.15) is 0 Å². The van der Waals surface area contributed by atoms with Crippen molar-refractivity contribution < 1.29 is 4.42 Å². The van der Waals surface area contributed by atoms with E-state index < -0.39 is 0 Å². The molecule has 0 amide bonds. The fourth-order valence-corrected chi connectivity index (χ4v) is 5.87. The normalized spacial score (nSPS) is 11.2. The van der Waals surface area contributed by atoms with Crippen LogP contribution < -0.4 is 4.90 Å². The minimum Gasteiger partial charge on any atom is -0.435 e. The first kappa shape index (κ1) is 25.8. The van der Waals surface area contributed by atoms with E-state index in [9.17, 15) is 0 Å². The van der Waals surface area contributed by atoms with Crippen LogP contribution in [-0.4, -0.2) is 4.98 Å². The molecule has 7 aromatic carbocycles. The predicted molar refractivity (Wildman–Crippen MR) is 183 cm³/mol. The highest BCUT2D eigenvalue weighted by atomic mass is 16.3. The maximum Gasteiger partial charge on any atom is 0.227 e. The van der Waals surface area contributed by atoms with Crippen LogP contribution in [0.4, 0.5) is 17.1 Å². The monoisotopic (exact) mass is 564 g/mol. The lowest BCUT2D eigenvalue weighted by atomic mass is 10.0. The number of hydrogen-bond acceptors (Lipinski definition) is 3. The van der Waals surface area contributed by atoms with Crippen LogP contribution in [0.25, 0.3) is 55.6 Å². The van der Waals surface area contributed by atoms with E-state index in [1.54, 1.807) is 0 Å². The molecule has 0 unspecified atom stereocenters. The highest BCUT2D eigenvalue weighted by Crippen LogP contribution is 2.39. The third-order valence-corrected chi connectivity index (χ3v) is 8.10. The van der Waals surface area contributed by atoms with Gasteiger partial charge in [0, 0.05) is 28.2 Å². The molecule has 8 rings (SSSR count). The molecule has 0 aliphatic rings. The van der Waals surface area contributed by atoms with Crippen LogP contribution in [0.5, 0.6) is 0 Å². The molecule has 1 aromatic heterocycles. The van der Waals surface area contributed by atoms with Crippen molar-refractivity contribution in [2.75, 3.05) is 4.90 Å². The number of aromatic nitrogens is 1. The summed E-state index contributed by atoms with van der Waals surface area (Å²) in [6.07, 6.45) is 0. The summed E-state index contributed by atoms with van der Waals surface area (Å²) in [5.74, 6) is 0.631. The maximum atomic E-state index is 6.32.